The first kappa shape index (κ1) is 12.8. The minimum absolute atomic E-state index is 0.175. The molecule has 1 aliphatic rings. The second-order valence-corrected chi connectivity index (χ2v) is 4.25. The van der Waals surface area contributed by atoms with Crippen LogP contribution in [-0.4, -0.2) is 17.3 Å². The molecule has 0 amide bonds. The summed E-state index contributed by atoms with van der Waals surface area (Å²) in [6.45, 7) is 9.43. The first-order valence-corrected chi connectivity index (χ1v) is 6.09. The maximum absolute atomic E-state index is 11.3. The van der Waals surface area contributed by atoms with Crippen molar-refractivity contribution in [2.24, 2.45) is 5.41 Å². The second kappa shape index (κ2) is 6.25. The summed E-state index contributed by atoms with van der Waals surface area (Å²) in [5, 5.41) is 0. The van der Waals surface area contributed by atoms with Crippen LogP contribution in [0.1, 0.15) is 33.6 Å². The molecule has 1 fully saturated rings. The highest BCUT2D eigenvalue weighted by Crippen LogP contribution is 2.36. The van der Waals surface area contributed by atoms with Crippen molar-refractivity contribution in [2.75, 3.05) is 11.5 Å². The summed E-state index contributed by atoms with van der Waals surface area (Å²) in [4.78, 5) is 11.3. The standard InChI is InChI=1S/C9H14OS.C2H6/c1-3-9(8(2)10)4-6-11-7-5-9;1-2/h3H,1,4-7H2,2H3;1-2H3. The van der Waals surface area contributed by atoms with Crippen LogP contribution in [0.5, 0.6) is 0 Å². The second-order valence-electron chi connectivity index (χ2n) is 3.03. The Morgan fingerprint density at radius 2 is 1.85 bits per heavy atom. The molecule has 0 atom stereocenters. The van der Waals surface area contributed by atoms with Gasteiger partial charge in [0.2, 0.25) is 0 Å². The van der Waals surface area contributed by atoms with E-state index in [2.05, 4.69) is 6.58 Å². The SMILES string of the molecule is C=CC1(C(C)=O)CCSCC1.CC. The number of rotatable bonds is 2. The number of allylic oxidation sites excluding steroid dienone is 1. The lowest BCUT2D eigenvalue weighted by Crippen LogP contribution is -2.31. The molecule has 0 saturated carbocycles. The van der Waals surface area contributed by atoms with Gasteiger partial charge in [0.05, 0.1) is 0 Å². The van der Waals surface area contributed by atoms with E-state index in [0.717, 1.165) is 24.3 Å². The average Bonchev–Trinajstić information content (AvgIpc) is 2.21. The van der Waals surface area contributed by atoms with Crippen LogP contribution < -0.4 is 0 Å². The summed E-state index contributed by atoms with van der Waals surface area (Å²) in [5.74, 6) is 2.49. The van der Waals surface area contributed by atoms with Gasteiger partial charge in [-0.1, -0.05) is 19.9 Å². The zero-order chi connectivity index (χ0) is 10.3. The smallest absolute Gasteiger partial charge is 0.139 e. The minimum atomic E-state index is -0.175. The van der Waals surface area contributed by atoms with Crippen molar-refractivity contribution in [1.29, 1.82) is 0 Å². The lowest BCUT2D eigenvalue weighted by molar-refractivity contribution is -0.124. The van der Waals surface area contributed by atoms with Crippen molar-refractivity contribution in [3.05, 3.63) is 12.7 Å². The average molecular weight is 200 g/mol. The fourth-order valence-electron chi connectivity index (χ4n) is 1.44. The van der Waals surface area contributed by atoms with Crippen LogP contribution in [0.15, 0.2) is 12.7 Å². The lowest BCUT2D eigenvalue weighted by atomic mass is 9.79. The van der Waals surface area contributed by atoms with Crippen molar-refractivity contribution in [1.82, 2.24) is 0 Å². The third kappa shape index (κ3) is 3.18. The molecule has 0 aromatic carbocycles. The molecule has 0 N–H and O–H groups in total. The van der Waals surface area contributed by atoms with Crippen LogP contribution in [0.2, 0.25) is 0 Å². The Balaban J connectivity index is 0.000000671. The summed E-state index contributed by atoms with van der Waals surface area (Å²) in [5.41, 5.74) is -0.175. The molecule has 1 rings (SSSR count). The van der Waals surface area contributed by atoms with Gasteiger partial charge < -0.3 is 0 Å². The molecule has 0 bridgehead atoms. The quantitative estimate of drug-likeness (QED) is 0.636. The van der Waals surface area contributed by atoms with Crippen LogP contribution in [0.3, 0.4) is 0 Å². The highest BCUT2D eigenvalue weighted by molar-refractivity contribution is 7.99. The maximum atomic E-state index is 11.3. The third-order valence-electron chi connectivity index (χ3n) is 2.48. The van der Waals surface area contributed by atoms with Gasteiger partial charge in [0.1, 0.15) is 5.78 Å². The van der Waals surface area contributed by atoms with Gasteiger partial charge in [-0.25, -0.2) is 0 Å². The molecule has 0 spiro atoms. The summed E-state index contributed by atoms with van der Waals surface area (Å²) in [7, 11) is 0. The molecule has 1 aliphatic heterocycles. The number of ketones is 1. The van der Waals surface area contributed by atoms with Gasteiger partial charge in [-0.05, 0) is 31.3 Å². The van der Waals surface area contributed by atoms with Crippen molar-refractivity contribution < 1.29 is 4.79 Å². The fraction of sp³-hybridized carbons (Fsp3) is 0.727. The van der Waals surface area contributed by atoms with Crippen LogP contribution in [0.4, 0.5) is 0 Å². The maximum Gasteiger partial charge on any atom is 0.139 e. The number of carbonyl (C=O) groups excluding carboxylic acids is 1. The van der Waals surface area contributed by atoms with E-state index in [-0.39, 0.29) is 11.2 Å². The Bertz CT molecular complexity index is 169. The van der Waals surface area contributed by atoms with Gasteiger partial charge in [0.15, 0.2) is 0 Å². The predicted octanol–water partition coefficient (Wildman–Crippen LogP) is 3.30. The predicted molar refractivity (Wildman–Crippen MR) is 61.2 cm³/mol. The molecule has 2 heteroatoms. The Morgan fingerprint density at radius 1 is 1.38 bits per heavy atom. The van der Waals surface area contributed by atoms with Crippen molar-refractivity contribution in [2.45, 2.75) is 33.6 Å². The molecule has 1 nitrogen and oxygen atoms in total. The Labute approximate surface area is 86.0 Å². The molecule has 0 aromatic rings. The molecule has 0 unspecified atom stereocenters. The van der Waals surface area contributed by atoms with Crippen molar-refractivity contribution in [3.63, 3.8) is 0 Å². The number of carbonyl (C=O) groups is 1. The molecule has 76 valence electrons. The summed E-state index contributed by atoms with van der Waals surface area (Å²) in [6, 6.07) is 0. The molecule has 0 aliphatic carbocycles. The van der Waals surface area contributed by atoms with Crippen LogP contribution in [-0.2, 0) is 4.79 Å². The molecular weight excluding hydrogens is 180 g/mol. The monoisotopic (exact) mass is 200 g/mol. The van der Waals surface area contributed by atoms with Gasteiger partial charge in [-0.3, -0.25) is 4.79 Å². The van der Waals surface area contributed by atoms with Crippen molar-refractivity contribution in [3.8, 4) is 0 Å². The van der Waals surface area contributed by atoms with E-state index in [4.69, 9.17) is 0 Å². The molecular formula is C11H20OS. The Kier molecular flexibility index (Phi) is 6.13. The van der Waals surface area contributed by atoms with Crippen LogP contribution in [0, 0.1) is 5.41 Å². The van der Waals surface area contributed by atoms with E-state index in [9.17, 15) is 4.79 Å². The van der Waals surface area contributed by atoms with E-state index >= 15 is 0 Å². The Morgan fingerprint density at radius 3 is 2.08 bits per heavy atom. The summed E-state index contributed by atoms with van der Waals surface area (Å²) in [6.07, 6.45) is 3.81. The number of hydrogen-bond acceptors (Lipinski definition) is 2. The first-order valence-electron chi connectivity index (χ1n) is 4.94. The van der Waals surface area contributed by atoms with Gasteiger partial charge in [-0.15, -0.1) is 6.58 Å². The summed E-state index contributed by atoms with van der Waals surface area (Å²) >= 11 is 1.93. The van der Waals surface area contributed by atoms with Crippen LogP contribution in [0.25, 0.3) is 0 Å². The zero-order valence-corrected chi connectivity index (χ0v) is 9.75. The lowest BCUT2D eigenvalue weighted by Gasteiger charge is -2.31. The molecule has 0 aromatic heterocycles. The van der Waals surface area contributed by atoms with E-state index in [1.807, 2.05) is 31.7 Å². The van der Waals surface area contributed by atoms with Gasteiger partial charge >= 0.3 is 0 Å². The largest absolute Gasteiger partial charge is 0.299 e. The molecule has 13 heavy (non-hydrogen) atoms. The van der Waals surface area contributed by atoms with E-state index in [1.54, 1.807) is 6.92 Å². The number of thioether (sulfide) groups is 1. The first-order chi connectivity index (χ1) is 6.21. The normalized spacial score (nSPS) is 19.6. The highest BCUT2D eigenvalue weighted by Gasteiger charge is 2.33. The third-order valence-corrected chi connectivity index (χ3v) is 3.46. The highest BCUT2D eigenvalue weighted by atomic mass is 32.2. The topological polar surface area (TPSA) is 17.1 Å². The number of Topliss-reactive ketones (excluding diaryl/α,β-unsaturated/α-hetero) is 1. The van der Waals surface area contributed by atoms with E-state index in [1.165, 1.54) is 0 Å². The molecule has 1 heterocycles. The summed E-state index contributed by atoms with van der Waals surface area (Å²) < 4.78 is 0. The van der Waals surface area contributed by atoms with Gasteiger partial charge in [0.25, 0.3) is 0 Å². The van der Waals surface area contributed by atoms with E-state index < -0.39 is 0 Å². The number of hydrogen-bond donors (Lipinski definition) is 0. The van der Waals surface area contributed by atoms with Gasteiger partial charge in [0, 0.05) is 5.41 Å². The van der Waals surface area contributed by atoms with Gasteiger partial charge in [-0.2, -0.15) is 11.8 Å². The molecule has 0 radical (unpaired) electrons. The molecule has 1 saturated heterocycles. The Hall–Kier alpha value is -0.240. The van der Waals surface area contributed by atoms with E-state index in [0.29, 0.717) is 0 Å². The minimum Gasteiger partial charge on any atom is -0.299 e. The fourth-order valence-corrected chi connectivity index (χ4v) is 2.66. The van der Waals surface area contributed by atoms with Crippen LogP contribution >= 0.6 is 11.8 Å². The van der Waals surface area contributed by atoms with Crippen molar-refractivity contribution >= 4 is 17.5 Å². The zero-order valence-electron chi connectivity index (χ0n) is 8.93.